The zero-order valence-corrected chi connectivity index (χ0v) is 9.93. The summed E-state index contributed by atoms with van der Waals surface area (Å²) in [6, 6.07) is 8.12. The number of amides is 1. The molecule has 96 valence electrons. The van der Waals surface area contributed by atoms with E-state index in [2.05, 4.69) is 10.6 Å². The van der Waals surface area contributed by atoms with Gasteiger partial charge in [-0.1, -0.05) is 30.3 Å². The predicted molar refractivity (Wildman–Crippen MR) is 66.0 cm³/mol. The summed E-state index contributed by atoms with van der Waals surface area (Å²) in [5.74, 6) is -1.35. The van der Waals surface area contributed by atoms with E-state index in [-0.39, 0.29) is 12.5 Å². The van der Waals surface area contributed by atoms with Gasteiger partial charge in [0.05, 0.1) is 6.54 Å². The van der Waals surface area contributed by atoms with Crippen molar-refractivity contribution in [3.05, 3.63) is 35.9 Å². The summed E-state index contributed by atoms with van der Waals surface area (Å²) in [6.45, 7) is 0.168. The summed E-state index contributed by atoms with van der Waals surface area (Å²) in [4.78, 5) is 22.8. The van der Waals surface area contributed by atoms with Gasteiger partial charge in [-0.15, -0.1) is 0 Å². The van der Waals surface area contributed by atoms with E-state index in [1.54, 1.807) is 30.3 Å². The first-order valence-corrected chi connectivity index (χ1v) is 5.97. The largest absolute Gasteiger partial charge is 0.479 e. The van der Waals surface area contributed by atoms with Gasteiger partial charge in [0, 0.05) is 6.04 Å². The summed E-state index contributed by atoms with van der Waals surface area (Å²) in [5.41, 5.74) is 0.574. The number of aliphatic carboxylic acids is 1. The lowest BCUT2D eigenvalue weighted by Gasteiger charge is -2.15. The van der Waals surface area contributed by atoms with Crippen LogP contribution in [0.15, 0.2) is 30.3 Å². The van der Waals surface area contributed by atoms with Crippen LogP contribution in [0, 0.1) is 0 Å². The van der Waals surface area contributed by atoms with E-state index in [0.29, 0.717) is 11.6 Å². The molecule has 1 aromatic rings. The van der Waals surface area contributed by atoms with Gasteiger partial charge >= 0.3 is 5.97 Å². The Morgan fingerprint density at radius 2 is 1.94 bits per heavy atom. The smallest absolute Gasteiger partial charge is 0.330 e. The van der Waals surface area contributed by atoms with Crippen molar-refractivity contribution in [2.24, 2.45) is 0 Å². The molecule has 1 fully saturated rings. The lowest BCUT2D eigenvalue weighted by Crippen LogP contribution is -2.39. The van der Waals surface area contributed by atoms with Gasteiger partial charge in [-0.3, -0.25) is 4.79 Å². The van der Waals surface area contributed by atoms with Crippen LogP contribution in [0.3, 0.4) is 0 Å². The standard InChI is InChI=1S/C13H16N2O3/c16-11(8-14-10-6-7-10)15-12(13(17)18)9-4-2-1-3-5-9/h1-5,10,12,14H,6-8H2,(H,15,16)(H,17,18)/t12-/m0/s1. The van der Waals surface area contributed by atoms with E-state index in [0.717, 1.165) is 12.8 Å². The van der Waals surface area contributed by atoms with Crippen LogP contribution < -0.4 is 10.6 Å². The topological polar surface area (TPSA) is 78.4 Å². The highest BCUT2D eigenvalue weighted by Gasteiger charge is 2.24. The minimum absolute atomic E-state index is 0.168. The fourth-order valence-electron chi connectivity index (χ4n) is 1.67. The first-order valence-electron chi connectivity index (χ1n) is 5.97. The second-order valence-electron chi connectivity index (χ2n) is 4.40. The summed E-state index contributed by atoms with van der Waals surface area (Å²) in [5, 5.41) is 14.7. The van der Waals surface area contributed by atoms with Crippen LogP contribution in [0.2, 0.25) is 0 Å². The Kier molecular flexibility index (Phi) is 3.94. The van der Waals surface area contributed by atoms with Gasteiger partial charge in [0.2, 0.25) is 5.91 Å². The molecule has 0 heterocycles. The maximum absolute atomic E-state index is 11.6. The lowest BCUT2D eigenvalue weighted by atomic mass is 10.1. The van der Waals surface area contributed by atoms with Crippen molar-refractivity contribution in [3.8, 4) is 0 Å². The number of carbonyl (C=O) groups is 2. The molecule has 5 heteroatoms. The molecule has 1 saturated carbocycles. The monoisotopic (exact) mass is 248 g/mol. The van der Waals surface area contributed by atoms with Gasteiger partial charge < -0.3 is 15.7 Å². The second kappa shape index (κ2) is 5.64. The van der Waals surface area contributed by atoms with Crippen molar-refractivity contribution in [3.63, 3.8) is 0 Å². The molecule has 0 bridgehead atoms. The van der Waals surface area contributed by atoms with Crippen LogP contribution in [0.5, 0.6) is 0 Å². The minimum atomic E-state index is -1.05. The number of hydrogen-bond donors (Lipinski definition) is 3. The van der Waals surface area contributed by atoms with Crippen LogP contribution >= 0.6 is 0 Å². The van der Waals surface area contributed by atoms with E-state index in [1.165, 1.54) is 0 Å². The minimum Gasteiger partial charge on any atom is -0.479 e. The number of hydrogen-bond acceptors (Lipinski definition) is 3. The van der Waals surface area contributed by atoms with Crippen LogP contribution in [0.25, 0.3) is 0 Å². The first-order chi connectivity index (χ1) is 8.66. The third kappa shape index (κ3) is 3.56. The number of carboxylic acid groups (broad SMARTS) is 1. The predicted octanol–water partition coefficient (Wildman–Crippen LogP) is 0.680. The summed E-state index contributed by atoms with van der Waals surface area (Å²) < 4.78 is 0. The zero-order chi connectivity index (χ0) is 13.0. The highest BCUT2D eigenvalue weighted by atomic mass is 16.4. The van der Waals surface area contributed by atoms with Gasteiger partial charge in [0.15, 0.2) is 6.04 Å². The molecule has 1 aromatic carbocycles. The van der Waals surface area contributed by atoms with Crippen molar-refractivity contribution < 1.29 is 14.7 Å². The third-order valence-electron chi connectivity index (χ3n) is 2.81. The fraction of sp³-hybridized carbons (Fsp3) is 0.385. The number of carboxylic acids is 1. The Hall–Kier alpha value is -1.88. The zero-order valence-electron chi connectivity index (χ0n) is 9.93. The van der Waals surface area contributed by atoms with Gasteiger partial charge in [-0.25, -0.2) is 4.79 Å². The molecule has 5 nitrogen and oxygen atoms in total. The van der Waals surface area contributed by atoms with E-state index < -0.39 is 12.0 Å². The lowest BCUT2D eigenvalue weighted by molar-refractivity contribution is -0.141. The quantitative estimate of drug-likeness (QED) is 0.691. The van der Waals surface area contributed by atoms with E-state index in [9.17, 15) is 9.59 Å². The highest BCUT2D eigenvalue weighted by molar-refractivity contribution is 5.85. The van der Waals surface area contributed by atoms with Gasteiger partial charge in [-0.05, 0) is 18.4 Å². The molecule has 0 aromatic heterocycles. The molecule has 1 atom stereocenters. The van der Waals surface area contributed by atoms with Crippen molar-refractivity contribution in [2.75, 3.05) is 6.54 Å². The molecular formula is C13H16N2O3. The normalized spacial score (nSPS) is 16.0. The molecule has 18 heavy (non-hydrogen) atoms. The van der Waals surface area contributed by atoms with Gasteiger partial charge in [0.1, 0.15) is 0 Å². The maximum Gasteiger partial charge on any atom is 0.330 e. The molecule has 1 amide bonds. The summed E-state index contributed by atoms with van der Waals surface area (Å²) in [7, 11) is 0. The average molecular weight is 248 g/mol. The fourth-order valence-corrected chi connectivity index (χ4v) is 1.67. The molecule has 0 radical (unpaired) electrons. The Labute approximate surface area is 105 Å². The van der Waals surface area contributed by atoms with Crippen LogP contribution in [0.1, 0.15) is 24.4 Å². The molecule has 1 aliphatic rings. The van der Waals surface area contributed by atoms with Crippen LogP contribution in [-0.2, 0) is 9.59 Å². The Morgan fingerprint density at radius 3 is 2.50 bits per heavy atom. The van der Waals surface area contributed by atoms with Crippen LogP contribution in [0.4, 0.5) is 0 Å². The molecule has 2 rings (SSSR count). The number of carbonyl (C=O) groups excluding carboxylic acids is 1. The van der Waals surface area contributed by atoms with E-state index in [4.69, 9.17) is 5.11 Å². The summed E-state index contributed by atoms with van der Waals surface area (Å²) >= 11 is 0. The molecule has 3 N–H and O–H groups in total. The molecule has 0 spiro atoms. The van der Waals surface area contributed by atoms with Crippen molar-refractivity contribution in [1.29, 1.82) is 0 Å². The molecule has 1 aliphatic carbocycles. The van der Waals surface area contributed by atoms with E-state index >= 15 is 0 Å². The molecule has 0 aliphatic heterocycles. The Balaban J connectivity index is 1.93. The maximum atomic E-state index is 11.6. The number of rotatable bonds is 6. The first kappa shape index (κ1) is 12.6. The Bertz CT molecular complexity index is 429. The Morgan fingerprint density at radius 1 is 1.28 bits per heavy atom. The molecular weight excluding hydrogens is 232 g/mol. The van der Waals surface area contributed by atoms with Crippen molar-refractivity contribution in [1.82, 2.24) is 10.6 Å². The average Bonchev–Trinajstić information content (AvgIpc) is 3.18. The van der Waals surface area contributed by atoms with Crippen molar-refractivity contribution in [2.45, 2.75) is 24.9 Å². The van der Waals surface area contributed by atoms with Crippen LogP contribution in [-0.4, -0.2) is 29.6 Å². The van der Waals surface area contributed by atoms with Crippen molar-refractivity contribution >= 4 is 11.9 Å². The highest BCUT2D eigenvalue weighted by Crippen LogP contribution is 2.18. The van der Waals surface area contributed by atoms with Gasteiger partial charge in [-0.2, -0.15) is 0 Å². The number of nitrogens with one attached hydrogen (secondary N) is 2. The molecule has 0 saturated heterocycles. The number of benzene rings is 1. The second-order valence-corrected chi connectivity index (χ2v) is 4.40. The summed E-state index contributed by atoms with van der Waals surface area (Å²) in [6.07, 6.45) is 2.18. The SMILES string of the molecule is O=C(CNC1CC1)N[C@H](C(=O)O)c1ccccc1. The van der Waals surface area contributed by atoms with Gasteiger partial charge in [0.25, 0.3) is 0 Å². The third-order valence-corrected chi connectivity index (χ3v) is 2.81. The molecule has 0 unspecified atom stereocenters. The van der Waals surface area contributed by atoms with E-state index in [1.807, 2.05) is 0 Å².